The second-order valence-electron chi connectivity index (χ2n) is 6.38. The third kappa shape index (κ3) is 4.76. The van der Waals surface area contributed by atoms with Gasteiger partial charge in [0.15, 0.2) is 11.5 Å². The molecule has 1 atom stereocenters. The molecule has 0 aliphatic heterocycles. The van der Waals surface area contributed by atoms with Crippen molar-refractivity contribution in [3.8, 4) is 11.5 Å². The molecule has 5 nitrogen and oxygen atoms in total. The summed E-state index contributed by atoms with van der Waals surface area (Å²) < 4.78 is 11.1. The SMILES string of the molecule is COc1cccc(C(=O)N[C@@H](C)c2ccc(C)cc2C)c1OCCCN. The fraction of sp³-hybridized carbons (Fsp3) is 0.381. The highest BCUT2D eigenvalue weighted by Crippen LogP contribution is 2.31. The molecule has 26 heavy (non-hydrogen) atoms. The Bertz CT molecular complexity index is 759. The maximum absolute atomic E-state index is 12.9. The molecule has 0 unspecified atom stereocenters. The minimum atomic E-state index is -0.195. The summed E-state index contributed by atoms with van der Waals surface area (Å²) in [7, 11) is 1.56. The van der Waals surface area contributed by atoms with E-state index in [1.54, 1.807) is 25.3 Å². The average Bonchev–Trinajstić information content (AvgIpc) is 2.61. The van der Waals surface area contributed by atoms with E-state index in [0.29, 0.717) is 36.6 Å². The molecule has 5 heteroatoms. The minimum absolute atomic E-state index is 0.119. The highest BCUT2D eigenvalue weighted by molar-refractivity contribution is 5.98. The molecule has 3 N–H and O–H groups in total. The number of amides is 1. The molecule has 0 spiro atoms. The summed E-state index contributed by atoms with van der Waals surface area (Å²) in [5, 5.41) is 3.06. The van der Waals surface area contributed by atoms with Crippen LogP contribution >= 0.6 is 0 Å². The Balaban J connectivity index is 2.22. The zero-order chi connectivity index (χ0) is 19.1. The van der Waals surface area contributed by atoms with Crippen molar-refractivity contribution in [3.63, 3.8) is 0 Å². The zero-order valence-electron chi connectivity index (χ0n) is 16.0. The van der Waals surface area contributed by atoms with E-state index in [4.69, 9.17) is 15.2 Å². The highest BCUT2D eigenvalue weighted by atomic mass is 16.5. The van der Waals surface area contributed by atoms with Gasteiger partial charge in [0, 0.05) is 0 Å². The molecule has 1 amide bonds. The first-order valence-electron chi connectivity index (χ1n) is 8.85. The molecule has 2 aromatic rings. The van der Waals surface area contributed by atoms with Crippen molar-refractivity contribution in [2.75, 3.05) is 20.3 Å². The number of hydrogen-bond donors (Lipinski definition) is 2. The second kappa shape index (κ2) is 9.25. The van der Waals surface area contributed by atoms with Gasteiger partial charge >= 0.3 is 0 Å². The van der Waals surface area contributed by atoms with Gasteiger partial charge in [0.2, 0.25) is 0 Å². The predicted octanol–water partition coefficient (Wildman–Crippen LogP) is 3.53. The Morgan fingerprint density at radius 1 is 1.23 bits per heavy atom. The first-order chi connectivity index (χ1) is 12.5. The van der Waals surface area contributed by atoms with Crippen LogP contribution in [-0.2, 0) is 0 Å². The molecule has 0 aliphatic rings. The average molecular weight is 356 g/mol. The van der Waals surface area contributed by atoms with Gasteiger partial charge in [0.05, 0.1) is 25.3 Å². The van der Waals surface area contributed by atoms with E-state index in [9.17, 15) is 4.79 Å². The summed E-state index contributed by atoms with van der Waals surface area (Å²) in [5.41, 5.74) is 9.43. The van der Waals surface area contributed by atoms with E-state index >= 15 is 0 Å². The van der Waals surface area contributed by atoms with E-state index in [-0.39, 0.29) is 11.9 Å². The number of hydrogen-bond acceptors (Lipinski definition) is 4. The molecule has 2 aromatic carbocycles. The minimum Gasteiger partial charge on any atom is -0.493 e. The van der Waals surface area contributed by atoms with Crippen molar-refractivity contribution < 1.29 is 14.3 Å². The molecule has 0 saturated heterocycles. The first kappa shape index (κ1) is 19.8. The van der Waals surface area contributed by atoms with Crippen LogP contribution in [0.1, 0.15) is 46.4 Å². The van der Waals surface area contributed by atoms with E-state index in [1.165, 1.54) is 5.56 Å². The van der Waals surface area contributed by atoms with Crippen LogP contribution in [0.2, 0.25) is 0 Å². The molecular weight excluding hydrogens is 328 g/mol. The number of benzene rings is 2. The number of carbonyl (C=O) groups excluding carboxylic acids is 1. The number of para-hydroxylation sites is 1. The summed E-state index contributed by atoms with van der Waals surface area (Å²) in [6.45, 7) is 7.05. The van der Waals surface area contributed by atoms with E-state index in [2.05, 4.69) is 37.4 Å². The van der Waals surface area contributed by atoms with Crippen molar-refractivity contribution >= 4 is 5.91 Å². The number of methoxy groups -OCH3 is 1. The van der Waals surface area contributed by atoms with Crippen molar-refractivity contribution in [1.29, 1.82) is 0 Å². The van der Waals surface area contributed by atoms with Crippen LogP contribution in [0.5, 0.6) is 11.5 Å². The summed E-state index contributed by atoms with van der Waals surface area (Å²) in [5.74, 6) is 0.793. The Kier molecular flexibility index (Phi) is 7.04. The number of aryl methyl sites for hydroxylation is 2. The number of carbonyl (C=O) groups is 1. The maximum Gasteiger partial charge on any atom is 0.255 e. The predicted molar refractivity (Wildman–Crippen MR) is 104 cm³/mol. The number of ether oxygens (including phenoxy) is 2. The van der Waals surface area contributed by atoms with Crippen molar-refractivity contribution in [2.45, 2.75) is 33.2 Å². The molecular formula is C21H28N2O3. The standard InChI is InChI=1S/C21H28N2O3/c1-14-9-10-17(15(2)13-14)16(3)23-21(24)18-7-5-8-19(25-4)20(18)26-12-6-11-22/h5,7-10,13,16H,6,11-12,22H2,1-4H3,(H,23,24)/t16-/m0/s1. The molecule has 2 rings (SSSR count). The molecule has 0 radical (unpaired) electrons. The van der Waals surface area contributed by atoms with Crippen LogP contribution in [0.15, 0.2) is 36.4 Å². The Morgan fingerprint density at radius 3 is 2.65 bits per heavy atom. The van der Waals surface area contributed by atoms with Crippen LogP contribution in [-0.4, -0.2) is 26.2 Å². The highest BCUT2D eigenvalue weighted by Gasteiger charge is 2.19. The summed E-state index contributed by atoms with van der Waals surface area (Å²) in [6, 6.07) is 11.4. The third-order valence-electron chi connectivity index (χ3n) is 4.28. The van der Waals surface area contributed by atoms with Gasteiger partial charge < -0.3 is 20.5 Å². The molecule has 0 aliphatic carbocycles. The number of nitrogens with two attached hydrogens (primary N) is 1. The molecule has 0 saturated carbocycles. The van der Waals surface area contributed by atoms with Crippen molar-refractivity contribution in [3.05, 3.63) is 58.7 Å². The lowest BCUT2D eigenvalue weighted by molar-refractivity contribution is 0.0935. The molecule has 0 heterocycles. The van der Waals surface area contributed by atoms with Gasteiger partial charge in [-0.2, -0.15) is 0 Å². The van der Waals surface area contributed by atoms with E-state index in [1.807, 2.05) is 6.92 Å². The number of rotatable bonds is 8. The molecule has 0 bridgehead atoms. The second-order valence-corrected chi connectivity index (χ2v) is 6.38. The largest absolute Gasteiger partial charge is 0.493 e. The normalized spacial score (nSPS) is 11.7. The van der Waals surface area contributed by atoms with Gasteiger partial charge in [0.25, 0.3) is 5.91 Å². The Morgan fingerprint density at radius 2 is 2.00 bits per heavy atom. The molecule has 0 fully saturated rings. The van der Waals surface area contributed by atoms with E-state index in [0.717, 1.165) is 11.1 Å². The Labute approximate surface area is 155 Å². The quantitative estimate of drug-likeness (QED) is 0.710. The smallest absolute Gasteiger partial charge is 0.255 e. The molecule has 140 valence electrons. The van der Waals surface area contributed by atoms with Crippen LogP contribution in [0.3, 0.4) is 0 Å². The topological polar surface area (TPSA) is 73.6 Å². The summed E-state index contributed by atoms with van der Waals surface area (Å²) in [4.78, 5) is 12.9. The van der Waals surface area contributed by atoms with Crippen LogP contribution in [0.4, 0.5) is 0 Å². The van der Waals surface area contributed by atoms with Gasteiger partial charge in [0.1, 0.15) is 0 Å². The lowest BCUT2D eigenvalue weighted by atomic mass is 10.00. The number of nitrogens with one attached hydrogen (secondary N) is 1. The van der Waals surface area contributed by atoms with Crippen LogP contribution in [0, 0.1) is 13.8 Å². The fourth-order valence-electron chi connectivity index (χ4n) is 2.93. The molecule has 0 aromatic heterocycles. The lowest BCUT2D eigenvalue weighted by Gasteiger charge is -2.19. The van der Waals surface area contributed by atoms with Gasteiger partial charge in [-0.15, -0.1) is 0 Å². The third-order valence-corrected chi connectivity index (χ3v) is 4.28. The fourth-order valence-corrected chi connectivity index (χ4v) is 2.93. The monoisotopic (exact) mass is 356 g/mol. The summed E-state index contributed by atoms with van der Waals surface area (Å²) in [6.07, 6.45) is 0.706. The van der Waals surface area contributed by atoms with Gasteiger partial charge in [-0.3, -0.25) is 4.79 Å². The van der Waals surface area contributed by atoms with Crippen LogP contribution < -0.4 is 20.5 Å². The zero-order valence-corrected chi connectivity index (χ0v) is 16.0. The van der Waals surface area contributed by atoms with Crippen molar-refractivity contribution in [2.24, 2.45) is 5.73 Å². The van der Waals surface area contributed by atoms with Crippen LogP contribution in [0.25, 0.3) is 0 Å². The van der Waals surface area contributed by atoms with Gasteiger partial charge in [-0.05, 0) is 57.0 Å². The van der Waals surface area contributed by atoms with E-state index < -0.39 is 0 Å². The first-order valence-corrected chi connectivity index (χ1v) is 8.85. The maximum atomic E-state index is 12.9. The Hall–Kier alpha value is -2.53. The van der Waals surface area contributed by atoms with Gasteiger partial charge in [-0.1, -0.05) is 29.8 Å². The lowest BCUT2D eigenvalue weighted by Crippen LogP contribution is -2.27. The summed E-state index contributed by atoms with van der Waals surface area (Å²) >= 11 is 0. The van der Waals surface area contributed by atoms with Crippen molar-refractivity contribution in [1.82, 2.24) is 5.32 Å². The van der Waals surface area contributed by atoms with Gasteiger partial charge in [-0.25, -0.2) is 0 Å².